The van der Waals surface area contributed by atoms with E-state index in [2.05, 4.69) is 4.90 Å². The van der Waals surface area contributed by atoms with Gasteiger partial charge in [0.2, 0.25) is 0 Å². The van der Waals surface area contributed by atoms with Crippen molar-refractivity contribution in [2.45, 2.75) is 31.8 Å². The second-order valence-electron chi connectivity index (χ2n) is 4.83. The highest BCUT2D eigenvalue weighted by atomic mass is 16.3. The minimum absolute atomic E-state index is 0.220. The summed E-state index contributed by atoms with van der Waals surface area (Å²) in [4.78, 5) is 2.32. The van der Waals surface area contributed by atoms with Gasteiger partial charge in [-0.25, -0.2) is 0 Å². The Morgan fingerprint density at radius 2 is 1.82 bits per heavy atom. The van der Waals surface area contributed by atoms with Crippen LogP contribution in [-0.2, 0) is 0 Å². The lowest BCUT2D eigenvalue weighted by Crippen LogP contribution is -2.29. The van der Waals surface area contributed by atoms with E-state index < -0.39 is 6.10 Å². The van der Waals surface area contributed by atoms with Crippen LogP contribution >= 0.6 is 0 Å². The van der Waals surface area contributed by atoms with Gasteiger partial charge in [0, 0.05) is 6.54 Å². The number of likely N-dealkylation sites (tertiary alicyclic amines) is 1. The Hall–Kier alpha value is -1.06. The molecule has 1 aromatic carbocycles. The van der Waals surface area contributed by atoms with Crippen molar-refractivity contribution in [3.8, 4) is 5.75 Å². The minimum atomic E-state index is -0.500. The second kappa shape index (κ2) is 6.03. The number of hydrogen-bond acceptors (Lipinski definition) is 3. The summed E-state index contributed by atoms with van der Waals surface area (Å²) in [5.74, 6) is 0.220. The Morgan fingerprint density at radius 1 is 1.12 bits per heavy atom. The molecule has 17 heavy (non-hydrogen) atoms. The second-order valence-corrected chi connectivity index (χ2v) is 4.83. The topological polar surface area (TPSA) is 43.7 Å². The fourth-order valence-electron chi connectivity index (χ4n) is 2.40. The molecule has 1 heterocycles. The van der Waals surface area contributed by atoms with Gasteiger partial charge in [0.05, 0.1) is 6.10 Å². The number of aromatic hydroxyl groups is 1. The highest BCUT2D eigenvalue weighted by Gasteiger charge is 2.15. The normalized spacial score (nSPS) is 19.8. The van der Waals surface area contributed by atoms with E-state index in [0.717, 1.165) is 18.7 Å². The molecule has 1 aliphatic rings. The Bertz CT molecular complexity index is 346. The summed E-state index contributed by atoms with van der Waals surface area (Å²) in [6.45, 7) is 2.83. The quantitative estimate of drug-likeness (QED) is 0.845. The number of aliphatic hydroxyl groups is 1. The van der Waals surface area contributed by atoms with Crippen LogP contribution in [0.25, 0.3) is 0 Å². The molecule has 0 aromatic heterocycles. The summed E-state index contributed by atoms with van der Waals surface area (Å²) in [7, 11) is 0. The molecule has 1 aromatic rings. The molecule has 1 aliphatic heterocycles. The van der Waals surface area contributed by atoms with Crippen molar-refractivity contribution < 1.29 is 10.2 Å². The highest BCUT2D eigenvalue weighted by Crippen LogP contribution is 2.20. The number of rotatable bonds is 3. The van der Waals surface area contributed by atoms with Gasteiger partial charge < -0.3 is 15.1 Å². The Morgan fingerprint density at radius 3 is 2.47 bits per heavy atom. The first-order valence-electron chi connectivity index (χ1n) is 6.45. The maximum absolute atomic E-state index is 10.1. The van der Waals surface area contributed by atoms with Gasteiger partial charge in [-0.1, -0.05) is 25.0 Å². The van der Waals surface area contributed by atoms with E-state index in [4.69, 9.17) is 0 Å². The van der Waals surface area contributed by atoms with Gasteiger partial charge in [0.25, 0.3) is 0 Å². The van der Waals surface area contributed by atoms with Crippen molar-refractivity contribution in [3.05, 3.63) is 29.8 Å². The van der Waals surface area contributed by atoms with Crippen molar-refractivity contribution >= 4 is 0 Å². The van der Waals surface area contributed by atoms with E-state index in [1.807, 2.05) is 6.07 Å². The predicted molar refractivity (Wildman–Crippen MR) is 68.0 cm³/mol. The van der Waals surface area contributed by atoms with Crippen LogP contribution in [0.15, 0.2) is 24.3 Å². The summed E-state index contributed by atoms with van der Waals surface area (Å²) in [6.07, 6.45) is 4.57. The van der Waals surface area contributed by atoms with Crippen LogP contribution in [0, 0.1) is 0 Å². The molecule has 1 unspecified atom stereocenters. The summed E-state index contributed by atoms with van der Waals surface area (Å²) < 4.78 is 0. The number of β-amino-alcohol motifs (C(OH)–C–C–N with tert-alkyl or cyclic N) is 1. The minimum Gasteiger partial charge on any atom is -0.508 e. The first kappa shape index (κ1) is 12.4. The fraction of sp³-hybridized carbons (Fsp3) is 0.571. The molecule has 2 rings (SSSR count). The predicted octanol–water partition coefficient (Wildman–Crippen LogP) is 2.30. The standard InChI is InChI=1S/C14H21NO2/c16-13-7-5-6-12(10-13)14(17)11-15-8-3-1-2-4-9-15/h5-7,10,14,16-17H,1-4,8-9,11H2. The Kier molecular flexibility index (Phi) is 4.40. The number of phenols is 1. The van der Waals surface area contributed by atoms with E-state index in [1.54, 1.807) is 18.2 Å². The lowest BCUT2D eigenvalue weighted by Gasteiger charge is -2.23. The summed E-state index contributed by atoms with van der Waals surface area (Å²) in [5, 5.41) is 19.5. The maximum Gasteiger partial charge on any atom is 0.115 e. The van der Waals surface area contributed by atoms with Crippen molar-refractivity contribution in [2.24, 2.45) is 0 Å². The molecule has 1 fully saturated rings. The first-order chi connectivity index (χ1) is 8.25. The zero-order valence-electron chi connectivity index (χ0n) is 10.2. The molecular weight excluding hydrogens is 214 g/mol. The van der Waals surface area contributed by atoms with E-state index in [9.17, 15) is 10.2 Å². The van der Waals surface area contributed by atoms with Crippen LogP contribution in [0.4, 0.5) is 0 Å². The lowest BCUT2D eigenvalue weighted by molar-refractivity contribution is 0.115. The average molecular weight is 235 g/mol. The van der Waals surface area contributed by atoms with Gasteiger partial charge in [-0.2, -0.15) is 0 Å². The zero-order valence-corrected chi connectivity index (χ0v) is 10.2. The molecule has 1 saturated heterocycles. The highest BCUT2D eigenvalue weighted by molar-refractivity contribution is 5.28. The third-order valence-corrected chi connectivity index (χ3v) is 3.38. The smallest absolute Gasteiger partial charge is 0.115 e. The van der Waals surface area contributed by atoms with Gasteiger partial charge in [-0.3, -0.25) is 0 Å². The monoisotopic (exact) mass is 235 g/mol. The number of phenolic OH excluding ortho intramolecular Hbond substituents is 1. The van der Waals surface area contributed by atoms with Crippen LogP contribution < -0.4 is 0 Å². The number of hydrogen-bond donors (Lipinski definition) is 2. The average Bonchev–Trinajstić information content (AvgIpc) is 2.57. The third-order valence-electron chi connectivity index (χ3n) is 3.38. The van der Waals surface area contributed by atoms with Crippen LogP contribution in [0.3, 0.4) is 0 Å². The molecule has 0 aliphatic carbocycles. The molecule has 3 heteroatoms. The molecule has 94 valence electrons. The van der Waals surface area contributed by atoms with Crippen LogP contribution in [0.1, 0.15) is 37.4 Å². The molecule has 0 spiro atoms. The van der Waals surface area contributed by atoms with E-state index in [1.165, 1.54) is 25.7 Å². The number of benzene rings is 1. The summed E-state index contributed by atoms with van der Waals surface area (Å²) >= 11 is 0. The van der Waals surface area contributed by atoms with Gasteiger partial charge in [0.1, 0.15) is 5.75 Å². The first-order valence-corrected chi connectivity index (χ1v) is 6.45. The van der Waals surface area contributed by atoms with Crippen molar-refractivity contribution in [2.75, 3.05) is 19.6 Å². The molecule has 0 amide bonds. The number of nitrogens with zero attached hydrogens (tertiary/aromatic N) is 1. The SMILES string of the molecule is Oc1cccc(C(O)CN2CCCCCC2)c1. The molecule has 3 nitrogen and oxygen atoms in total. The molecule has 2 N–H and O–H groups in total. The molecule has 0 saturated carbocycles. The van der Waals surface area contributed by atoms with Crippen LogP contribution in [-0.4, -0.2) is 34.7 Å². The van der Waals surface area contributed by atoms with Gasteiger partial charge in [-0.15, -0.1) is 0 Å². The van der Waals surface area contributed by atoms with E-state index >= 15 is 0 Å². The van der Waals surface area contributed by atoms with Crippen molar-refractivity contribution in [3.63, 3.8) is 0 Å². The lowest BCUT2D eigenvalue weighted by atomic mass is 10.1. The fourth-order valence-corrected chi connectivity index (χ4v) is 2.40. The largest absolute Gasteiger partial charge is 0.508 e. The van der Waals surface area contributed by atoms with Crippen LogP contribution in [0.2, 0.25) is 0 Å². The summed E-state index contributed by atoms with van der Waals surface area (Å²) in [5.41, 5.74) is 0.800. The van der Waals surface area contributed by atoms with Crippen molar-refractivity contribution in [1.29, 1.82) is 0 Å². The third kappa shape index (κ3) is 3.72. The zero-order chi connectivity index (χ0) is 12.1. The van der Waals surface area contributed by atoms with Crippen LogP contribution in [0.5, 0.6) is 5.75 Å². The summed E-state index contributed by atoms with van der Waals surface area (Å²) in [6, 6.07) is 6.91. The number of aliphatic hydroxyl groups excluding tert-OH is 1. The molecule has 1 atom stereocenters. The van der Waals surface area contributed by atoms with Gasteiger partial charge in [-0.05, 0) is 43.6 Å². The maximum atomic E-state index is 10.1. The van der Waals surface area contributed by atoms with Crippen molar-refractivity contribution in [1.82, 2.24) is 4.90 Å². The molecule has 0 bridgehead atoms. The van der Waals surface area contributed by atoms with Gasteiger partial charge in [0.15, 0.2) is 0 Å². The Labute approximate surface area is 103 Å². The van der Waals surface area contributed by atoms with Gasteiger partial charge >= 0.3 is 0 Å². The Balaban J connectivity index is 1.93. The molecular formula is C14H21NO2. The van der Waals surface area contributed by atoms with E-state index in [0.29, 0.717) is 6.54 Å². The molecule has 0 radical (unpaired) electrons. The van der Waals surface area contributed by atoms with E-state index in [-0.39, 0.29) is 5.75 Å².